The second-order valence-electron chi connectivity index (χ2n) is 8.96. The first-order valence-electron chi connectivity index (χ1n) is 9.93. The first-order valence-corrected chi connectivity index (χ1v) is 11.1. The van der Waals surface area contributed by atoms with Gasteiger partial charge in [0.25, 0.3) is 0 Å². The SMILES string of the molecule is CC(C)(C[C@]1(C(F)(F)F)COc2c1cc([C@]1(C(F)(F)F)CO1)nc2-c1ccc(F)cc1)S(N)=O. The number of benzene rings is 1. The zero-order valence-corrected chi connectivity index (χ0v) is 18.6. The molecule has 0 bridgehead atoms. The lowest BCUT2D eigenvalue weighted by molar-refractivity contribution is -0.196. The van der Waals surface area contributed by atoms with E-state index in [-0.39, 0.29) is 17.0 Å². The Balaban J connectivity index is 2.01. The van der Waals surface area contributed by atoms with E-state index < -0.39 is 75.8 Å². The molecule has 13 heteroatoms. The summed E-state index contributed by atoms with van der Waals surface area (Å²) in [5.41, 5.74) is -7.33. The predicted molar refractivity (Wildman–Crippen MR) is 108 cm³/mol. The smallest absolute Gasteiger partial charge is 0.425 e. The van der Waals surface area contributed by atoms with Gasteiger partial charge in [-0.15, -0.1) is 0 Å². The predicted octanol–water partition coefficient (Wildman–Crippen LogP) is 4.66. The minimum absolute atomic E-state index is 0.0529. The minimum atomic E-state index is -5.01. The van der Waals surface area contributed by atoms with Crippen LogP contribution in [0.5, 0.6) is 5.75 Å². The van der Waals surface area contributed by atoms with Crippen molar-refractivity contribution >= 4 is 11.0 Å². The van der Waals surface area contributed by atoms with Crippen LogP contribution >= 0.6 is 0 Å². The molecular weight excluding hydrogens is 493 g/mol. The Morgan fingerprint density at radius 1 is 1.06 bits per heavy atom. The fourth-order valence-corrected chi connectivity index (χ4v) is 4.51. The summed E-state index contributed by atoms with van der Waals surface area (Å²) in [6.45, 7) is 0.729. The molecule has 0 amide bonds. The van der Waals surface area contributed by atoms with Gasteiger partial charge in [0.2, 0.25) is 5.60 Å². The Labute approximate surface area is 192 Å². The Morgan fingerprint density at radius 3 is 2.12 bits per heavy atom. The summed E-state index contributed by atoms with van der Waals surface area (Å²) in [6.07, 6.45) is -10.8. The van der Waals surface area contributed by atoms with Crippen molar-refractivity contribution in [2.45, 2.75) is 48.4 Å². The molecule has 5 nitrogen and oxygen atoms in total. The van der Waals surface area contributed by atoms with E-state index in [9.17, 15) is 34.9 Å². The van der Waals surface area contributed by atoms with E-state index in [0.717, 1.165) is 12.1 Å². The molecule has 1 unspecified atom stereocenters. The van der Waals surface area contributed by atoms with Crippen molar-refractivity contribution in [3.63, 3.8) is 0 Å². The van der Waals surface area contributed by atoms with Crippen LogP contribution in [0.2, 0.25) is 0 Å². The fourth-order valence-electron chi connectivity index (χ4n) is 4.13. The first kappa shape index (κ1) is 24.9. The molecule has 0 spiro atoms. The second kappa shape index (κ2) is 7.62. The number of pyridine rings is 1. The van der Waals surface area contributed by atoms with Crippen molar-refractivity contribution < 1.29 is 44.4 Å². The highest BCUT2D eigenvalue weighted by atomic mass is 32.2. The van der Waals surface area contributed by atoms with Crippen LogP contribution in [0, 0.1) is 5.82 Å². The maximum Gasteiger partial charge on any atom is 0.425 e. The summed E-state index contributed by atoms with van der Waals surface area (Å²) in [7, 11) is -2.20. The van der Waals surface area contributed by atoms with Gasteiger partial charge in [-0.3, -0.25) is 5.14 Å². The van der Waals surface area contributed by atoms with Crippen LogP contribution in [0.15, 0.2) is 30.3 Å². The van der Waals surface area contributed by atoms with Gasteiger partial charge in [-0.2, -0.15) is 26.3 Å². The highest BCUT2D eigenvalue weighted by Crippen LogP contribution is 2.58. The highest BCUT2D eigenvalue weighted by molar-refractivity contribution is 7.84. The van der Waals surface area contributed by atoms with Crippen molar-refractivity contribution in [2.75, 3.05) is 13.2 Å². The number of ether oxygens (including phenoxy) is 2. The number of nitrogens with two attached hydrogens (primary N) is 1. The Bertz CT molecular complexity index is 1140. The number of hydrogen-bond acceptors (Lipinski definition) is 4. The summed E-state index contributed by atoms with van der Waals surface area (Å²) in [5.74, 6) is -1.05. The van der Waals surface area contributed by atoms with Crippen LogP contribution < -0.4 is 9.88 Å². The molecule has 34 heavy (non-hydrogen) atoms. The number of epoxide rings is 1. The lowest BCUT2D eigenvalue weighted by Crippen LogP contribution is -2.50. The van der Waals surface area contributed by atoms with Gasteiger partial charge >= 0.3 is 12.4 Å². The largest absolute Gasteiger partial charge is 0.490 e. The minimum Gasteiger partial charge on any atom is -0.490 e. The molecule has 0 radical (unpaired) electrons. The average molecular weight is 512 g/mol. The number of rotatable bonds is 5. The molecule has 2 aliphatic rings. The van der Waals surface area contributed by atoms with E-state index in [1.165, 1.54) is 26.0 Å². The molecule has 0 aliphatic carbocycles. The topological polar surface area (TPSA) is 77.7 Å². The average Bonchev–Trinajstić information content (AvgIpc) is 3.45. The standard InChI is InChI=1S/C21H19F7N2O3S/c1-17(2,34(29)31)8-18(20(23,24)25)9-32-16-13(18)7-14(19(10-33-19)21(26,27)28)30-15(16)11-3-5-12(22)6-4-11/h3-7H,8-10,29H2,1-2H3/t18-,19-,34?/m0/s1. The molecule has 4 rings (SSSR count). The highest BCUT2D eigenvalue weighted by Gasteiger charge is 2.70. The molecule has 0 saturated carbocycles. The van der Waals surface area contributed by atoms with Gasteiger partial charge in [-0.1, -0.05) is 0 Å². The second-order valence-corrected chi connectivity index (χ2v) is 10.7. The van der Waals surface area contributed by atoms with Crippen LogP contribution in [0.4, 0.5) is 30.7 Å². The normalized spacial score (nSPS) is 25.6. The zero-order chi connectivity index (χ0) is 25.3. The Kier molecular flexibility index (Phi) is 5.57. The van der Waals surface area contributed by atoms with E-state index in [4.69, 9.17) is 9.88 Å². The summed E-state index contributed by atoms with van der Waals surface area (Å²) >= 11 is 0. The van der Waals surface area contributed by atoms with Gasteiger partial charge in [0, 0.05) is 11.1 Å². The van der Waals surface area contributed by atoms with Gasteiger partial charge in [-0.25, -0.2) is 13.6 Å². The van der Waals surface area contributed by atoms with Crippen molar-refractivity contribution in [3.8, 4) is 17.0 Å². The van der Waals surface area contributed by atoms with E-state index in [2.05, 4.69) is 9.72 Å². The van der Waals surface area contributed by atoms with Crippen LogP contribution in [0.25, 0.3) is 11.3 Å². The van der Waals surface area contributed by atoms with E-state index in [1.54, 1.807) is 0 Å². The maximum absolute atomic E-state index is 14.6. The van der Waals surface area contributed by atoms with Gasteiger partial charge in [0.05, 0.1) is 28.0 Å². The number of hydrogen-bond donors (Lipinski definition) is 1. The molecular formula is C21H19F7N2O3S. The number of nitrogens with zero attached hydrogens (tertiary/aromatic N) is 1. The van der Waals surface area contributed by atoms with Crippen molar-refractivity contribution in [3.05, 3.63) is 47.4 Å². The third-order valence-corrected chi connectivity index (χ3v) is 7.42. The van der Waals surface area contributed by atoms with E-state index in [1.807, 2.05) is 0 Å². The molecule has 3 heterocycles. The summed E-state index contributed by atoms with van der Waals surface area (Å²) in [6, 6.07) is 5.03. The molecule has 3 atom stereocenters. The molecule has 2 aromatic rings. The number of aromatic nitrogens is 1. The number of fused-ring (bicyclic) bond motifs is 1. The third kappa shape index (κ3) is 3.77. The molecule has 1 saturated heterocycles. The molecule has 186 valence electrons. The molecule has 1 aromatic heterocycles. The van der Waals surface area contributed by atoms with Crippen LogP contribution in [-0.4, -0.2) is 39.5 Å². The van der Waals surface area contributed by atoms with Gasteiger partial charge in [0.15, 0.2) is 0 Å². The summed E-state index contributed by atoms with van der Waals surface area (Å²) in [5, 5.41) is 5.42. The maximum atomic E-state index is 14.6. The Morgan fingerprint density at radius 2 is 1.65 bits per heavy atom. The first-order chi connectivity index (χ1) is 15.5. The fraction of sp³-hybridized carbons (Fsp3) is 0.476. The Hall–Kier alpha value is -2.25. The van der Waals surface area contributed by atoms with Crippen LogP contribution in [0.3, 0.4) is 0 Å². The van der Waals surface area contributed by atoms with E-state index in [0.29, 0.717) is 6.07 Å². The molecule has 2 aliphatic heterocycles. The van der Waals surface area contributed by atoms with Gasteiger partial charge < -0.3 is 9.47 Å². The quantitative estimate of drug-likeness (QED) is 0.467. The molecule has 1 aromatic carbocycles. The van der Waals surface area contributed by atoms with Crippen LogP contribution in [-0.2, 0) is 26.7 Å². The van der Waals surface area contributed by atoms with Crippen molar-refractivity contribution in [1.29, 1.82) is 0 Å². The summed E-state index contributed by atoms with van der Waals surface area (Å²) < 4.78 is 119. The van der Waals surface area contributed by atoms with Gasteiger partial charge in [-0.05, 0) is 50.6 Å². The third-order valence-electron chi connectivity index (χ3n) is 6.19. The van der Waals surface area contributed by atoms with Gasteiger partial charge in [0.1, 0.15) is 29.3 Å². The summed E-state index contributed by atoms with van der Waals surface area (Å²) in [4.78, 5) is 3.98. The lowest BCUT2D eigenvalue weighted by atomic mass is 9.74. The van der Waals surface area contributed by atoms with Crippen molar-refractivity contribution in [1.82, 2.24) is 4.98 Å². The van der Waals surface area contributed by atoms with E-state index >= 15 is 0 Å². The zero-order valence-electron chi connectivity index (χ0n) is 17.8. The van der Waals surface area contributed by atoms with Crippen LogP contribution in [0.1, 0.15) is 31.5 Å². The number of halogens is 7. The monoisotopic (exact) mass is 512 g/mol. The molecule has 2 N–H and O–H groups in total. The van der Waals surface area contributed by atoms with Crippen molar-refractivity contribution in [2.24, 2.45) is 5.14 Å². The molecule has 1 fully saturated rings. The lowest BCUT2D eigenvalue weighted by Gasteiger charge is -2.36. The number of alkyl halides is 6.